The van der Waals surface area contributed by atoms with E-state index in [0.717, 1.165) is 0 Å². The highest BCUT2D eigenvalue weighted by Gasteiger charge is 2.37. The van der Waals surface area contributed by atoms with Crippen molar-refractivity contribution in [1.29, 1.82) is 0 Å². The molecule has 0 radical (unpaired) electrons. The molecule has 1 aliphatic rings. The second kappa shape index (κ2) is 10.2. The van der Waals surface area contributed by atoms with Crippen LogP contribution in [0, 0.1) is 4.91 Å². The molecule has 4 unspecified atom stereocenters. The summed E-state index contributed by atoms with van der Waals surface area (Å²) in [5.41, 5.74) is 0. The van der Waals surface area contributed by atoms with Crippen LogP contribution in [0.1, 0.15) is 19.3 Å². The predicted molar refractivity (Wildman–Crippen MR) is 76.2 cm³/mol. The van der Waals surface area contributed by atoms with E-state index in [1.165, 1.54) is 0 Å². The van der Waals surface area contributed by atoms with Crippen LogP contribution >= 0.6 is 0 Å². The Morgan fingerprint density at radius 2 is 1.78 bits per heavy atom. The molecule has 1 fully saturated rings. The van der Waals surface area contributed by atoms with Gasteiger partial charge in [-0.1, -0.05) is 5.18 Å². The lowest BCUT2D eigenvalue weighted by Crippen LogP contribution is -2.52. The molecule has 6 N–H and O–H groups in total. The smallest absolute Gasteiger partial charge is 0.158 e. The summed E-state index contributed by atoms with van der Waals surface area (Å²) in [7, 11) is 0. The summed E-state index contributed by atoms with van der Waals surface area (Å²) in [6, 6.07) is 0. The molecule has 0 aromatic heterocycles. The lowest BCUT2D eigenvalue weighted by molar-refractivity contribution is -0.271. The molecule has 1 saturated heterocycles. The van der Waals surface area contributed by atoms with Crippen molar-refractivity contribution in [3.63, 3.8) is 0 Å². The Morgan fingerprint density at radius 1 is 1.13 bits per heavy atom. The normalized spacial score (nSPS) is 30.4. The van der Waals surface area contributed by atoms with Crippen molar-refractivity contribution in [3.8, 4) is 0 Å². The van der Waals surface area contributed by atoms with Gasteiger partial charge in [0.05, 0.1) is 32.0 Å². The van der Waals surface area contributed by atoms with Gasteiger partial charge in [0.1, 0.15) is 24.4 Å². The highest BCUT2D eigenvalue weighted by molar-refractivity contribution is 4.84. The number of aliphatic hydroxyl groups excluding tert-OH is 6. The van der Waals surface area contributed by atoms with Crippen molar-refractivity contribution in [2.45, 2.75) is 62.2 Å². The number of nitroso groups, excluding NO2 is 1. The number of ether oxygens (including phenoxy) is 2. The van der Waals surface area contributed by atoms with E-state index < -0.39 is 56.1 Å². The van der Waals surface area contributed by atoms with Gasteiger partial charge >= 0.3 is 0 Å². The SMILES string of the molecule is O=NCCC1O[C@H](OC(C(O)C(O)CO)[C@H](O)CO)CC[C@@H]1O. The lowest BCUT2D eigenvalue weighted by Gasteiger charge is -2.37. The van der Waals surface area contributed by atoms with Crippen molar-refractivity contribution in [2.24, 2.45) is 5.18 Å². The van der Waals surface area contributed by atoms with E-state index in [1.54, 1.807) is 0 Å². The van der Waals surface area contributed by atoms with E-state index in [9.17, 15) is 25.3 Å². The fraction of sp³-hybridized carbons (Fsp3) is 1.00. The number of hydrogen-bond donors (Lipinski definition) is 6. The zero-order chi connectivity index (χ0) is 17.4. The first-order valence-electron chi connectivity index (χ1n) is 7.48. The Morgan fingerprint density at radius 3 is 2.35 bits per heavy atom. The van der Waals surface area contributed by atoms with Gasteiger partial charge in [0.15, 0.2) is 6.29 Å². The summed E-state index contributed by atoms with van der Waals surface area (Å²) in [5, 5.41) is 59.5. The molecule has 0 aliphatic carbocycles. The van der Waals surface area contributed by atoms with Crippen LogP contribution in [0.25, 0.3) is 0 Å². The molecule has 0 amide bonds. The van der Waals surface area contributed by atoms with Crippen molar-refractivity contribution >= 4 is 0 Å². The summed E-state index contributed by atoms with van der Waals surface area (Å²) in [6.45, 7) is -1.52. The number of hydrogen-bond acceptors (Lipinski definition) is 10. The van der Waals surface area contributed by atoms with Gasteiger partial charge in [-0.25, -0.2) is 0 Å². The van der Waals surface area contributed by atoms with Gasteiger partial charge in [-0.05, 0) is 12.8 Å². The molecule has 1 rings (SSSR count). The first-order chi connectivity index (χ1) is 10.9. The van der Waals surface area contributed by atoms with Gasteiger partial charge in [-0.2, -0.15) is 4.91 Å². The van der Waals surface area contributed by atoms with Crippen LogP contribution in [-0.2, 0) is 9.47 Å². The van der Waals surface area contributed by atoms with Gasteiger partial charge in [-0.3, -0.25) is 0 Å². The number of nitrogens with zero attached hydrogens (tertiary/aromatic N) is 1. The fourth-order valence-corrected chi connectivity index (χ4v) is 2.39. The van der Waals surface area contributed by atoms with Gasteiger partial charge < -0.3 is 40.1 Å². The summed E-state index contributed by atoms with van der Waals surface area (Å²) < 4.78 is 10.9. The van der Waals surface area contributed by atoms with Crippen LogP contribution < -0.4 is 0 Å². The predicted octanol–water partition coefficient (Wildman–Crippen LogP) is -2.54. The quantitative estimate of drug-likeness (QED) is 0.235. The summed E-state index contributed by atoms with van der Waals surface area (Å²) in [4.78, 5) is 10.2. The molecule has 23 heavy (non-hydrogen) atoms. The Hall–Kier alpha value is -0.720. The molecule has 0 bridgehead atoms. The van der Waals surface area contributed by atoms with Crippen molar-refractivity contribution in [2.75, 3.05) is 19.8 Å². The topological polar surface area (TPSA) is 169 Å². The highest BCUT2D eigenvalue weighted by Crippen LogP contribution is 2.25. The molecule has 7 atom stereocenters. The van der Waals surface area contributed by atoms with Crippen LogP contribution in [-0.4, -0.2) is 93.3 Å². The van der Waals surface area contributed by atoms with Gasteiger partial charge in [0, 0.05) is 6.42 Å². The molecule has 0 spiro atoms. The average molecular weight is 339 g/mol. The maximum Gasteiger partial charge on any atom is 0.158 e. The summed E-state index contributed by atoms with van der Waals surface area (Å²) in [6.07, 6.45) is -7.73. The molecule has 1 aliphatic heterocycles. The fourth-order valence-electron chi connectivity index (χ4n) is 2.39. The van der Waals surface area contributed by atoms with Gasteiger partial charge in [-0.15, -0.1) is 0 Å². The van der Waals surface area contributed by atoms with Crippen LogP contribution in [0.2, 0.25) is 0 Å². The zero-order valence-corrected chi connectivity index (χ0v) is 12.6. The third-order valence-electron chi connectivity index (χ3n) is 3.75. The van der Waals surface area contributed by atoms with E-state index in [2.05, 4.69) is 5.18 Å². The maximum absolute atomic E-state index is 10.2. The van der Waals surface area contributed by atoms with E-state index >= 15 is 0 Å². The minimum absolute atomic E-state index is 0.0387. The highest BCUT2D eigenvalue weighted by atomic mass is 16.7. The first-order valence-corrected chi connectivity index (χ1v) is 7.48. The molecule has 10 nitrogen and oxygen atoms in total. The van der Waals surface area contributed by atoms with Crippen LogP contribution in [0.5, 0.6) is 0 Å². The third-order valence-corrected chi connectivity index (χ3v) is 3.75. The Kier molecular flexibility index (Phi) is 9.02. The Bertz CT molecular complexity index is 345. The molecule has 136 valence electrons. The summed E-state index contributed by atoms with van der Waals surface area (Å²) in [5.74, 6) is 0. The van der Waals surface area contributed by atoms with Crippen molar-refractivity contribution in [1.82, 2.24) is 0 Å². The first kappa shape index (κ1) is 20.3. The van der Waals surface area contributed by atoms with E-state index in [0.29, 0.717) is 6.42 Å². The minimum Gasteiger partial charge on any atom is -0.394 e. The maximum atomic E-state index is 10.2. The van der Waals surface area contributed by atoms with Gasteiger partial charge in [0.2, 0.25) is 0 Å². The second-order valence-electron chi connectivity index (χ2n) is 5.48. The monoisotopic (exact) mass is 339 g/mol. The minimum atomic E-state index is -1.65. The second-order valence-corrected chi connectivity index (χ2v) is 5.48. The standard InChI is InChI=1S/C13H25NO9/c15-5-8(18)12(20)13(9(19)6-16)23-11-2-1-7(17)10(22-11)3-4-14-21/h7-13,15-20H,1-6H2/t7-,8?,9+,10?,11+,12?,13?/m0/s1. The molecule has 0 aromatic rings. The third kappa shape index (κ3) is 6.01. The number of aliphatic hydroxyl groups is 6. The molecule has 10 heteroatoms. The zero-order valence-electron chi connectivity index (χ0n) is 12.6. The summed E-state index contributed by atoms with van der Waals surface area (Å²) >= 11 is 0. The lowest BCUT2D eigenvalue weighted by atomic mass is 10.0. The number of rotatable bonds is 10. The van der Waals surface area contributed by atoms with E-state index in [-0.39, 0.29) is 19.4 Å². The van der Waals surface area contributed by atoms with E-state index in [1.807, 2.05) is 0 Å². The average Bonchev–Trinajstić information content (AvgIpc) is 2.57. The van der Waals surface area contributed by atoms with Crippen molar-refractivity contribution < 1.29 is 40.1 Å². The van der Waals surface area contributed by atoms with E-state index in [4.69, 9.17) is 19.7 Å². The van der Waals surface area contributed by atoms with Crippen LogP contribution in [0.4, 0.5) is 0 Å². The van der Waals surface area contributed by atoms with Crippen molar-refractivity contribution in [3.05, 3.63) is 4.91 Å². The molecule has 0 saturated carbocycles. The molecular formula is C13H25NO9. The molecule has 0 aromatic carbocycles. The van der Waals surface area contributed by atoms with Crippen LogP contribution in [0.3, 0.4) is 0 Å². The molecular weight excluding hydrogens is 314 g/mol. The van der Waals surface area contributed by atoms with Gasteiger partial charge in [0.25, 0.3) is 0 Å². The Balaban J connectivity index is 2.69. The molecule has 1 heterocycles. The van der Waals surface area contributed by atoms with Crippen LogP contribution in [0.15, 0.2) is 5.18 Å². The Labute approximate surface area is 133 Å². The largest absolute Gasteiger partial charge is 0.394 e.